The molecule has 0 fully saturated rings. The van der Waals surface area contributed by atoms with E-state index in [1.165, 1.54) is 0 Å². The fourth-order valence-corrected chi connectivity index (χ4v) is 0. The second-order valence-electron chi connectivity index (χ2n) is 0.402. The van der Waals surface area contributed by atoms with Crippen molar-refractivity contribution < 1.29 is 4.79 Å². The first-order valence-electron chi connectivity index (χ1n) is 0.781. The first kappa shape index (κ1) is 18.8. The lowest BCUT2D eigenvalue weighted by Gasteiger charge is -1.62. The Balaban J connectivity index is -0.0000000450. The molecular weight excluding hydrogens is 82.0 g/mol. The predicted molar refractivity (Wildman–Crippen MR) is 19.1 cm³/mol. The maximum atomic E-state index is 9.00. The highest BCUT2D eigenvalue weighted by Gasteiger charge is 1.60. The minimum Gasteiger partial charge on any atom is -0.352 e. The number of nitrogens with two attached hydrogens (primary N) is 2. The molecule has 4 N–H and O–H groups in total. The molecule has 0 bridgehead atoms. The molecule has 0 aromatic rings. The Bertz CT molecular complexity index is 31.8. The van der Waals surface area contributed by atoms with Crippen LogP contribution in [0.5, 0.6) is 0 Å². The summed E-state index contributed by atoms with van der Waals surface area (Å²) in [4.78, 5) is 9.00. The van der Waals surface area contributed by atoms with E-state index in [1.807, 2.05) is 0 Å². The summed E-state index contributed by atoms with van der Waals surface area (Å²) in [6.45, 7) is 0. The first-order chi connectivity index (χ1) is 1.73. The summed E-state index contributed by atoms with van der Waals surface area (Å²) in [5.74, 6) is 0. The highest BCUT2D eigenvalue weighted by atomic mass is 16.2. The Hall–Kier alpha value is -0.770. The van der Waals surface area contributed by atoms with Crippen LogP contribution in [0.15, 0.2) is 0 Å². The quantitative estimate of drug-likeness (QED) is 0.373. The summed E-state index contributed by atoms with van der Waals surface area (Å²) in [6.07, 6.45) is 0. The van der Waals surface area contributed by atoms with Gasteiger partial charge < -0.3 is 11.5 Å². The summed E-state index contributed by atoms with van der Waals surface area (Å²) in [5, 5.41) is 0. The fourth-order valence-electron chi connectivity index (χ4n) is 0. The third-order valence-corrected chi connectivity index (χ3v) is 0. The molecule has 0 aromatic heterocycles. The van der Waals surface area contributed by atoms with E-state index in [1.54, 1.807) is 0 Å². The van der Waals surface area contributed by atoms with Crippen LogP contribution in [0.25, 0.3) is 0 Å². The Morgan fingerprint density at radius 3 is 1.33 bits per heavy atom. The van der Waals surface area contributed by atoms with E-state index in [9.17, 15) is 0 Å². The zero-order valence-corrected chi connectivity index (χ0v) is 3.01. The molecule has 0 aliphatic heterocycles. The highest BCUT2D eigenvalue weighted by Crippen LogP contribution is 1.25. The highest BCUT2D eigenvalue weighted by molar-refractivity contribution is 5.69. The summed E-state index contributed by atoms with van der Waals surface area (Å²) < 4.78 is 0. The lowest BCUT2D eigenvalue weighted by Crippen LogP contribution is -2.18. The predicted octanol–water partition coefficient (Wildman–Crippen LogP) is -1.38. The minimum atomic E-state index is -0.833. The topological polar surface area (TPSA) is 99.6 Å². The van der Waals surface area contributed by atoms with Gasteiger partial charge >= 0.3 is 6.03 Å². The molecule has 0 saturated heterocycles. The molecule has 0 unspecified atom stereocenters. The number of urea groups is 1. The average molecular weight is 86.1 g/mol. The van der Waals surface area contributed by atoms with E-state index in [2.05, 4.69) is 11.5 Å². The molecule has 4 nitrogen and oxygen atoms in total. The standard InChI is InChI=1S/CH4N2O.C.N/c2-1(3)4;;/h(H4,2,3,4);;. The molecule has 0 aliphatic carbocycles. The molecule has 4 heteroatoms. The summed E-state index contributed by atoms with van der Waals surface area (Å²) in [5.41, 5.74) is 8.50. The van der Waals surface area contributed by atoms with Gasteiger partial charge in [-0.1, -0.05) is 0 Å². The molecule has 0 heterocycles. The van der Waals surface area contributed by atoms with Gasteiger partial charge in [0, 0.05) is 13.6 Å². The van der Waals surface area contributed by atoms with Crippen molar-refractivity contribution in [2.24, 2.45) is 11.5 Å². The molecule has 0 spiro atoms. The van der Waals surface area contributed by atoms with Crippen molar-refractivity contribution in [3.05, 3.63) is 7.43 Å². The number of rotatable bonds is 0. The maximum absolute atomic E-state index is 9.00. The van der Waals surface area contributed by atoms with Crippen molar-refractivity contribution in [2.75, 3.05) is 0 Å². The Kier molecular flexibility index (Phi) is 27.8. The zero-order valence-electron chi connectivity index (χ0n) is 3.01. The van der Waals surface area contributed by atoms with Gasteiger partial charge in [-0.15, -0.1) is 0 Å². The maximum Gasteiger partial charge on any atom is 0.309 e. The number of hydrogen-bond acceptors (Lipinski definition) is 1. The van der Waals surface area contributed by atoms with Gasteiger partial charge in [-0.2, -0.15) is 0 Å². The zero-order chi connectivity index (χ0) is 3.58. The van der Waals surface area contributed by atoms with Gasteiger partial charge in [0.15, 0.2) is 0 Å². The Morgan fingerprint density at radius 2 is 1.33 bits per heavy atom. The van der Waals surface area contributed by atoms with Crippen LogP contribution >= 0.6 is 0 Å². The smallest absolute Gasteiger partial charge is 0.309 e. The molecule has 7 radical (unpaired) electrons. The number of primary amides is 2. The second-order valence-corrected chi connectivity index (χ2v) is 0.402. The van der Waals surface area contributed by atoms with Crippen molar-refractivity contribution in [1.82, 2.24) is 6.15 Å². The average Bonchev–Trinajstić information content (AvgIpc) is 0.811. The van der Waals surface area contributed by atoms with E-state index >= 15 is 0 Å². The summed E-state index contributed by atoms with van der Waals surface area (Å²) in [7, 11) is 0. The molecule has 0 aliphatic rings. The van der Waals surface area contributed by atoms with Crippen LogP contribution in [0.3, 0.4) is 0 Å². The van der Waals surface area contributed by atoms with E-state index in [0.29, 0.717) is 0 Å². The summed E-state index contributed by atoms with van der Waals surface area (Å²) in [6, 6.07) is -0.833. The van der Waals surface area contributed by atoms with Crippen LogP contribution in [0.1, 0.15) is 0 Å². The number of carbonyl (C=O) groups excluding carboxylic acids is 1. The number of carbonyl (C=O) groups is 1. The van der Waals surface area contributed by atoms with Crippen molar-refractivity contribution in [3.63, 3.8) is 0 Å². The third-order valence-electron chi connectivity index (χ3n) is 0. The van der Waals surface area contributed by atoms with Crippen LogP contribution in [0.2, 0.25) is 0 Å². The van der Waals surface area contributed by atoms with Gasteiger partial charge in [0.2, 0.25) is 0 Å². The van der Waals surface area contributed by atoms with Crippen molar-refractivity contribution in [1.29, 1.82) is 0 Å². The van der Waals surface area contributed by atoms with Gasteiger partial charge in [0.05, 0.1) is 0 Å². The third kappa shape index (κ3) is 27.1. The van der Waals surface area contributed by atoms with Gasteiger partial charge in [-0.25, -0.2) is 4.79 Å². The summed E-state index contributed by atoms with van der Waals surface area (Å²) >= 11 is 0. The molecule has 6 heavy (non-hydrogen) atoms. The van der Waals surface area contributed by atoms with E-state index in [-0.39, 0.29) is 13.6 Å². The minimum absolute atomic E-state index is 0. The van der Waals surface area contributed by atoms with Crippen LogP contribution in [-0.2, 0) is 0 Å². The lowest BCUT2D eigenvalue weighted by atomic mass is 11.2. The molecule has 0 atom stereocenters. The van der Waals surface area contributed by atoms with E-state index in [0.717, 1.165) is 0 Å². The lowest BCUT2D eigenvalue weighted by molar-refractivity contribution is 0.256. The van der Waals surface area contributed by atoms with Crippen LogP contribution in [0.4, 0.5) is 4.79 Å². The van der Waals surface area contributed by atoms with Crippen molar-refractivity contribution in [3.8, 4) is 0 Å². The van der Waals surface area contributed by atoms with Crippen LogP contribution < -0.4 is 17.6 Å². The molecule has 0 saturated carbocycles. The first-order valence-corrected chi connectivity index (χ1v) is 0.781. The van der Waals surface area contributed by atoms with Crippen LogP contribution in [0, 0.1) is 7.43 Å². The molecule has 2 amide bonds. The van der Waals surface area contributed by atoms with Crippen LogP contribution in [-0.4, -0.2) is 6.03 Å². The van der Waals surface area contributed by atoms with Gasteiger partial charge in [0.25, 0.3) is 0 Å². The monoisotopic (exact) mass is 86.0 g/mol. The molecule has 33 valence electrons. The van der Waals surface area contributed by atoms with Crippen molar-refractivity contribution in [2.45, 2.75) is 0 Å². The number of nitrogens with zero attached hydrogens (tertiary/aromatic N) is 1. The van der Waals surface area contributed by atoms with Gasteiger partial charge in [-0.05, 0) is 0 Å². The van der Waals surface area contributed by atoms with Gasteiger partial charge in [-0.3, -0.25) is 0 Å². The largest absolute Gasteiger partial charge is 0.352 e. The molecule has 0 aromatic carbocycles. The number of hydrogen-bond donors (Lipinski definition) is 2. The van der Waals surface area contributed by atoms with Crippen molar-refractivity contribution >= 4 is 6.03 Å². The normalized spacial score (nSPS) is 4.00. The van der Waals surface area contributed by atoms with E-state index < -0.39 is 6.03 Å². The Labute approximate surface area is 37.1 Å². The number of amides is 2. The molecular formula is C2H4N3O. The fraction of sp³-hybridized carbons (Fsp3) is 0. The van der Waals surface area contributed by atoms with Gasteiger partial charge in [0.1, 0.15) is 0 Å². The SMILES string of the molecule is NC(N)=O.[C].[N]. The molecule has 0 rings (SSSR count). The Morgan fingerprint density at radius 1 is 1.33 bits per heavy atom. The second kappa shape index (κ2) is 8.87. The van der Waals surface area contributed by atoms with E-state index in [4.69, 9.17) is 4.79 Å².